The summed E-state index contributed by atoms with van der Waals surface area (Å²) in [5, 5.41) is 4.55. The third-order valence-corrected chi connectivity index (χ3v) is 8.26. The van der Waals surface area contributed by atoms with Gasteiger partial charge < -0.3 is 4.42 Å². The molecule has 5 heteroatoms. The Balaban J connectivity index is 1.35. The number of aromatic nitrogens is 3. The number of nitrogens with zero attached hydrogens (tertiary/aromatic N) is 4. The van der Waals surface area contributed by atoms with Gasteiger partial charge in [-0.2, -0.15) is 0 Å². The molecule has 4 heterocycles. The number of benzene rings is 4. The quantitative estimate of drug-likeness (QED) is 0.145. The minimum Gasteiger partial charge on any atom is -0.456 e. The molecule has 8 rings (SSSR count). The first-order valence-corrected chi connectivity index (χ1v) is 14.9. The van der Waals surface area contributed by atoms with Crippen LogP contribution >= 0.6 is 0 Å². The first kappa shape index (κ1) is 26.5. The normalized spacial score (nSPS) is 12.2. The molecule has 0 aliphatic heterocycles. The Kier molecular flexibility index (Phi) is 6.42. The second-order valence-electron chi connectivity index (χ2n) is 10.9. The first-order valence-electron chi connectivity index (χ1n) is 14.9. The summed E-state index contributed by atoms with van der Waals surface area (Å²) in [4.78, 5) is 14.1. The van der Waals surface area contributed by atoms with Gasteiger partial charge in [0.05, 0.1) is 28.1 Å². The lowest BCUT2D eigenvalue weighted by molar-refractivity contribution is 0.669. The average Bonchev–Trinajstić information content (AvgIpc) is 3.64. The fourth-order valence-corrected chi connectivity index (χ4v) is 6.16. The maximum Gasteiger partial charge on any atom is 0.139 e. The number of aliphatic imine (C=N–C) groups is 1. The molecule has 214 valence electrons. The number of furan rings is 1. The zero-order valence-corrected chi connectivity index (χ0v) is 24.7. The molecule has 0 saturated carbocycles. The maximum atomic E-state index is 6.09. The Morgan fingerprint density at radius 1 is 0.711 bits per heavy atom. The van der Waals surface area contributed by atoms with E-state index in [0.717, 1.165) is 83.3 Å². The van der Waals surface area contributed by atoms with Crippen LogP contribution < -0.4 is 0 Å². The average molecular weight is 581 g/mol. The highest BCUT2D eigenvalue weighted by Crippen LogP contribution is 2.37. The van der Waals surface area contributed by atoms with Crippen LogP contribution in [-0.2, 0) is 0 Å². The maximum absolute atomic E-state index is 6.09. The molecule has 4 aromatic heterocycles. The van der Waals surface area contributed by atoms with Crippen molar-refractivity contribution in [2.24, 2.45) is 4.99 Å². The summed E-state index contributed by atoms with van der Waals surface area (Å²) in [7, 11) is 0. The van der Waals surface area contributed by atoms with Gasteiger partial charge in [0.25, 0.3) is 0 Å². The van der Waals surface area contributed by atoms with Crippen molar-refractivity contribution in [3.8, 4) is 28.3 Å². The van der Waals surface area contributed by atoms with Crippen LogP contribution in [0.4, 0.5) is 0 Å². The first-order chi connectivity index (χ1) is 22.2. The summed E-state index contributed by atoms with van der Waals surface area (Å²) in [5.41, 5.74) is 9.45. The molecule has 0 amide bonds. The van der Waals surface area contributed by atoms with Gasteiger partial charge in [-0.25, -0.2) is 4.98 Å². The van der Waals surface area contributed by atoms with Crippen LogP contribution in [0, 0.1) is 0 Å². The molecule has 0 fully saturated rings. The van der Waals surface area contributed by atoms with Crippen LogP contribution in [-0.4, -0.2) is 21.3 Å². The largest absolute Gasteiger partial charge is 0.456 e. The highest BCUT2D eigenvalue weighted by molar-refractivity contribution is 6.11. The number of pyridine rings is 2. The lowest BCUT2D eigenvalue weighted by Crippen LogP contribution is -2.01. The van der Waals surface area contributed by atoms with Gasteiger partial charge in [0.2, 0.25) is 0 Å². The van der Waals surface area contributed by atoms with Gasteiger partial charge in [-0.1, -0.05) is 66.7 Å². The predicted octanol–water partition coefficient (Wildman–Crippen LogP) is 10.4. The number of para-hydroxylation sites is 2. The number of hydrogen-bond donors (Lipinski definition) is 0. The molecule has 0 unspecified atom stereocenters. The second-order valence-corrected chi connectivity index (χ2v) is 10.9. The summed E-state index contributed by atoms with van der Waals surface area (Å²) in [6.45, 7) is 5.84. The van der Waals surface area contributed by atoms with Crippen molar-refractivity contribution in [3.63, 3.8) is 0 Å². The van der Waals surface area contributed by atoms with E-state index in [9.17, 15) is 0 Å². The number of rotatable bonds is 6. The van der Waals surface area contributed by atoms with E-state index < -0.39 is 0 Å². The van der Waals surface area contributed by atoms with Crippen molar-refractivity contribution < 1.29 is 4.42 Å². The molecular formula is C40H28N4O. The van der Waals surface area contributed by atoms with Crippen LogP contribution in [0.2, 0.25) is 0 Å². The predicted molar refractivity (Wildman–Crippen MR) is 187 cm³/mol. The fourth-order valence-electron chi connectivity index (χ4n) is 6.16. The van der Waals surface area contributed by atoms with Gasteiger partial charge in [-0.05, 0) is 91.5 Å². The SMILES string of the molecule is C=N/C(=C\C=C/C)c1cc(-c2ccccn2)nc(-n2c3ccccc3c3cc(-c4ccc5oc6ccccc6c5c4)ccc32)c1. The van der Waals surface area contributed by atoms with E-state index in [0.29, 0.717) is 0 Å². The molecular weight excluding hydrogens is 552 g/mol. The summed E-state index contributed by atoms with van der Waals surface area (Å²) >= 11 is 0. The topological polar surface area (TPSA) is 56.2 Å². The molecule has 0 aliphatic carbocycles. The number of hydrogen-bond acceptors (Lipinski definition) is 4. The molecule has 0 bridgehead atoms. The lowest BCUT2D eigenvalue weighted by Gasteiger charge is -2.12. The third kappa shape index (κ3) is 4.53. The van der Waals surface area contributed by atoms with Crippen LogP contribution in [0.1, 0.15) is 12.5 Å². The van der Waals surface area contributed by atoms with Crippen LogP contribution in [0.15, 0.2) is 149 Å². The highest BCUT2D eigenvalue weighted by Gasteiger charge is 2.17. The van der Waals surface area contributed by atoms with E-state index in [1.54, 1.807) is 6.20 Å². The van der Waals surface area contributed by atoms with E-state index in [2.05, 4.69) is 100 Å². The van der Waals surface area contributed by atoms with Crippen molar-refractivity contribution in [3.05, 3.63) is 145 Å². The fraction of sp³-hybridized carbons (Fsp3) is 0.0250. The summed E-state index contributed by atoms with van der Waals surface area (Å²) in [6.07, 6.45) is 7.70. The number of allylic oxidation sites excluding steroid dienone is 3. The van der Waals surface area contributed by atoms with Gasteiger partial charge in [0, 0.05) is 33.3 Å². The van der Waals surface area contributed by atoms with Gasteiger partial charge in [0.1, 0.15) is 17.0 Å². The molecule has 0 saturated heterocycles. The van der Waals surface area contributed by atoms with Crippen molar-refractivity contribution in [2.75, 3.05) is 0 Å². The van der Waals surface area contributed by atoms with Crippen LogP contribution in [0.3, 0.4) is 0 Å². The second kappa shape index (κ2) is 10.9. The lowest BCUT2D eigenvalue weighted by atomic mass is 10.0. The van der Waals surface area contributed by atoms with Gasteiger partial charge in [-0.15, -0.1) is 0 Å². The zero-order valence-electron chi connectivity index (χ0n) is 24.7. The van der Waals surface area contributed by atoms with E-state index in [1.165, 1.54) is 0 Å². The summed E-state index contributed by atoms with van der Waals surface area (Å²) in [5.74, 6) is 0.786. The van der Waals surface area contributed by atoms with Crippen molar-refractivity contribution in [2.45, 2.75) is 6.92 Å². The van der Waals surface area contributed by atoms with E-state index >= 15 is 0 Å². The molecule has 8 aromatic rings. The Labute approximate surface area is 260 Å². The molecule has 0 atom stereocenters. The summed E-state index contributed by atoms with van der Waals surface area (Å²) < 4.78 is 8.32. The van der Waals surface area contributed by atoms with Gasteiger partial charge in [0.15, 0.2) is 0 Å². The Bertz CT molecular complexity index is 2460. The minimum absolute atomic E-state index is 0.763. The molecule has 5 nitrogen and oxygen atoms in total. The molecule has 0 N–H and O–H groups in total. The molecule has 0 spiro atoms. The van der Waals surface area contributed by atoms with E-state index in [4.69, 9.17) is 9.40 Å². The van der Waals surface area contributed by atoms with Crippen molar-refractivity contribution >= 4 is 56.2 Å². The minimum atomic E-state index is 0.763. The molecule has 45 heavy (non-hydrogen) atoms. The number of fused-ring (bicyclic) bond motifs is 6. The van der Waals surface area contributed by atoms with E-state index in [1.807, 2.05) is 61.5 Å². The highest BCUT2D eigenvalue weighted by atomic mass is 16.3. The van der Waals surface area contributed by atoms with Crippen LogP contribution in [0.5, 0.6) is 0 Å². The van der Waals surface area contributed by atoms with E-state index in [-0.39, 0.29) is 0 Å². The standard InChI is InChI=1S/C40H28N4O/c1-3-4-13-33(41-2)28-24-35(34-14-9-10-21-42-34)43-40(25-28)44-36-15-7-5-11-29(36)31-22-26(17-19-37(31)44)27-18-20-39-32(23-27)30-12-6-8-16-38(30)45-39/h3-25H,2H2,1H3/b4-3-,33-13-. The molecule has 0 radical (unpaired) electrons. The van der Waals surface area contributed by atoms with Gasteiger partial charge >= 0.3 is 0 Å². The van der Waals surface area contributed by atoms with Crippen molar-refractivity contribution in [1.29, 1.82) is 0 Å². The Morgan fingerprint density at radius 2 is 1.44 bits per heavy atom. The molecule has 4 aromatic carbocycles. The summed E-state index contributed by atoms with van der Waals surface area (Å²) in [6, 6.07) is 39.7. The smallest absolute Gasteiger partial charge is 0.139 e. The zero-order chi connectivity index (χ0) is 30.3. The third-order valence-electron chi connectivity index (χ3n) is 8.26. The van der Waals surface area contributed by atoms with Crippen LogP contribution in [0.25, 0.3) is 77.8 Å². The Hall–Kier alpha value is -6.07. The van der Waals surface area contributed by atoms with Gasteiger partial charge in [-0.3, -0.25) is 14.5 Å². The molecule has 0 aliphatic rings. The monoisotopic (exact) mass is 580 g/mol. The Morgan fingerprint density at radius 3 is 2.27 bits per heavy atom. The van der Waals surface area contributed by atoms with Crippen molar-refractivity contribution in [1.82, 2.24) is 14.5 Å².